The van der Waals surface area contributed by atoms with Gasteiger partial charge in [0.1, 0.15) is 15.4 Å². The number of anilines is 1. The van der Waals surface area contributed by atoms with E-state index in [2.05, 4.69) is 20.5 Å². The summed E-state index contributed by atoms with van der Waals surface area (Å²) < 4.78 is 70.1. The molecule has 212 valence electrons. The Hall–Kier alpha value is -3.88. The van der Waals surface area contributed by atoms with Gasteiger partial charge in [0.25, 0.3) is 12.3 Å². The van der Waals surface area contributed by atoms with E-state index in [1.54, 1.807) is 20.2 Å². The summed E-state index contributed by atoms with van der Waals surface area (Å²) in [6, 6.07) is 2.19. The molecule has 0 bridgehead atoms. The van der Waals surface area contributed by atoms with Gasteiger partial charge >= 0.3 is 6.18 Å². The van der Waals surface area contributed by atoms with Crippen LogP contribution in [0, 0.1) is 12.8 Å². The standard InChI is InChI=1S/C25H24F5N7O2S/c1-10(8-37-16(12-4-5-12)7-17(35-37)25(28,29)30)23(39)33-19-18-13(14-9-36(3)34-11(14)2)6-15(21(26)27)32-24(18)40-20(19)22(31)38/h6-7,9-10,12,21H,4-5,8H2,1-3H3,(H2,31,38)(H,33,39). The molecule has 4 aromatic rings. The third-order valence-electron chi connectivity index (χ3n) is 6.67. The second-order valence-corrected chi connectivity index (χ2v) is 10.8. The number of carbonyl (C=O) groups excluding carboxylic acids is 2. The third kappa shape index (κ3) is 5.17. The first-order chi connectivity index (χ1) is 18.7. The molecular formula is C25H24F5N7O2S. The van der Waals surface area contributed by atoms with Gasteiger partial charge in [0.2, 0.25) is 5.91 Å². The number of fused-ring (bicyclic) bond motifs is 1. The summed E-state index contributed by atoms with van der Waals surface area (Å²) in [5, 5.41) is 10.9. The summed E-state index contributed by atoms with van der Waals surface area (Å²) >= 11 is 0.760. The molecule has 0 saturated heterocycles. The lowest BCUT2D eigenvalue weighted by Gasteiger charge is -2.15. The first kappa shape index (κ1) is 27.7. The maximum Gasteiger partial charge on any atom is 0.435 e. The number of nitrogens with one attached hydrogen (secondary N) is 1. The Labute approximate surface area is 228 Å². The molecule has 1 aliphatic rings. The fourth-order valence-corrected chi connectivity index (χ4v) is 5.63. The zero-order chi connectivity index (χ0) is 29.1. The highest BCUT2D eigenvalue weighted by Crippen LogP contribution is 2.44. The average Bonchev–Trinajstić information content (AvgIpc) is 3.36. The van der Waals surface area contributed by atoms with Crippen molar-refractivity contribution < 1.29 is 31.5 Å². The van der Waals surface area contributed by atoms with Crippen molar-refractivity contribution in [1.29, 1.82) is 0 Å². The molecule has 3 N–H and O–H groups in total. The number of aromatic nitrogens is 5. The Balaban J connectivity index is 1.55. The smallest absolute Gasteiger partial charge is 0.365 e. The molecule has 0 aliphatic heterocycles. The molecule has 40 heavy (non-hydrogen) atoms. The molecule has 0 aromatic carbocycles. The molecule has 2 amide bonds. The van der Waals surface area contributed by atoms with Crippen LogP contribution >= 0.6 is 11.3 Å². The van der Waals surface area contributed by atoms with Gasteiger partial charge in [-0.2, -0.15) is 23.4 Å². The molecule has 0 radical (unpaired) electrons. The lowest BCUT2D eigenvalue weighted by molar-refractivity contribution is -0.141. The van der Waals surface area contributed by atoms with Crippen molar-refractivity contribution in [1.82, 2.24) is 24.5 Å². The largest absolute Gasteiger partial charge is 0.435 e. The Morgan fingerprint density at radius 3 is 2.45 bits per heavy atom. The summed E-state index contributed by atoms with van der Waals surface area (Å²) in [5.41, 5.74) is 5.70. The van der Waals surface area contributed by atoms with E-state index in [9.17, 15) is 31.5 Å². The zero-order valence-electron chi connectivity index (χ0n) is 21.5. The molecule has 0 spiro atoms. The Kier molecular flexibility index (Phi) is 6.88. The predicted molar refractivity (Wildman–Crippen MR) is 137 cm³/mol. The van der Waals surface area contributed by atoms with Crippen LogP contribution in [0.25, 0.3) is 21.3 Å². The lowest BCUT2D eigenvalue weighted by Crippen LogP contribution is -2.26. The number of halogens is 5. The van der Waals surface area contributed by atoms with E-state index in [0.717, 1.165) is 30.2 Å². The topological polar surface area (TPSA) is 121 Å². The van der Waals surface area contributed by atoms with Gasteiger partial charge in [0.15, 0.2) is 5.69 Å². The molecule has 1 aliphatic carbocycles. The summed E-state index contributed by atoms with van der Waals surface area (Å²) in [6.07, 6.45) is -4.46. The minimum atomic E-state index is -4.63. The van der Waals surface area contributed by atoms with E-state index >= 15 is 0 Å². The van der Waals surface area contributed by atoms with E-state index in [1.165, 1.54) is 22.4 Å². The van der Waals surface area contributed by atoms with Crippen molar-refractivity contribution in [2.45, 2.75) is 51.8 Å². The highest BCUT2D eigenvalue weighted by Gasteiger charge is 2.38. The zero-order valence-corrected chi connectivity index (χ0v) is 22.3. The first-order valence-electron chi connectivity index (χ1n) is 12.3. The Morgan fingerprint density at radius 1 is 1.20 bits per heavy atom. The second kappa shape index (κ2) is 9.94. The van der Waals surface area contributed by atoms with Crippen molar-refractivity contribution in [2.24, 2.45) is 18.7 Å². The number of alkyl halides is 5. The van der Waals surface area contributed by atoms with Gasteiger partial charge in [-0.3, -0.25) is 19.0 Å². The van der Waals surface area contributed by atoms with Crippen LogP contribution in [-0.2, 0) is 24.6 Å². The van der Waals surface area contributed by atoms with Crippen LogP contribution in [0.4, 0.5) is 27.6 Å². The fraction of sp³-hybridized carbons (Fsp3) is 0.400. The van der Waals surface area contributed by atoms with Crippen LogP contribution in [-0.4, -0.2) is 36.4 Å². The number of carbonyl (C=O) groups is 2. The van der Waals surface area contributed by atoms with Crippen molar-refractivity contribution in [3.8, 4) is 11.1 Å². The first-order valence-corrected chi connectivity index (χ1v) is 13.1. The number of nitrogens with two attached hydrogens (primary N) is 1. The normalized spacial score (nSPS) is 14.7. The summed E-state index contributed by atoms with van der Waals surface area (Å²) in [7, 11) is 1.66. The number of nitrogens with zero attached hydrogens (tertiary/aromatic N) is 5. The molecular weight excluding hydrogens is 557 g/mol. The number of hydrogen-bond donors (Lipinski definition) is 2. The van der Waals surface area contributed by atoms with E-state index in [0.29, 0.717) is 17.0 Å². The van der Waals surface area contributed by atoms with E-state index in [-0.39, 0.29) is 38.8 Å². The maximum atomic E-state index is 13.7. The quantitative estimate of drug-likeness (QED) is 0.270. The van der Waals surface area contributed by atoms with E-state index in [1.807, 2.05) is 0 Å². The SMILES string of the molecule is Cc1nn(C)cc1-c1cc(C(F)F)nc2sc(C(N)=O)c(NC(=O)C(C)Cn3nc(C(F)(F)F)cc3C3CC3)c12. The van der Waals surface area contributed by atoms with Gasteiger partial charge in [0.05, 0.1) is 23.8 Å². The lowest BCUT2D eigenvalue weighted by atomic mass is 10.0. The number of hydrogen-bond acceptors (Lipinski definition) is 6. The minimum absolute atomic E-state index is 0.00483. The highest BCUT2D eigenvalue weighted by atomic mass is 32.1. The molecule has 1 saturated carbocycles. The second-order valence-electron chi connectivity index (χ2n) is 9.85. The van der Waals surface area contributed by atoms with Crippen LogP contribution in [0.15, 0.2) is 18.3 Å². The minimum Gasteiger partial charge on any atom is -0.365 e. The fourth-order valence-electron chi connectivity index (χ4n) is 4.61. The van der Waals surface area contributed by atoms with Gasteiger partial charge in [-0.15, -0.1) is 11.3 Å². The number of amides is 2. The summed E-state index contributed by atoms with van der Waals surface area (Å²) in [5.74, 6) is -2.47. The van der Waals surface area contributed by atoms with Crippen LogP contribution in [0.2, 0.25) is 0 Å². The Morgan fingerprint density at radius 2 is 1.90 bits per heavy atom. The van der Waals surface area contributed by atoms with Gasteiger partial charge in [0, 0.05) is 35.8 Å². The van der Waals surface area contributed by atoms with Gasteiger partial charge < -0.3 is 11.1 Å². The highest BCUT2D eigenvalue weighted by molar-refractivity contribution is 7.21. The predicted octanol–water partition coefficient (Wildman–Crippen LogP) is 5.41. The molecule has 1 unspecified atom stereocenters. The molecule has 4 heterocycles. The third-order valence-corrected chi connectivity index (χ3v) is 7.77. The molecule has 1 fully saturated rings. The van der Waals surface area contributed by atoms with Crippen LogP contribution in [0.5, 0.6) is 0 Å². The van der Waals surface area contributed by atoms with E-state index < -0.39 is 41.7 Å². The van der Waals surface area contributed by atoms with Gasteiger partial charge in [-0.05, 0) is 37.5 Å². The molecule has 5 rings (SSSR count). The number of primary amides is 1. The average molecular weight is 582 g/mol. The van der Waals surface area contributed by atoms with Gasteiger partial charge in [-0.25, -0.2) is 13.8 Å². The van der Waals surface area contributed by atoms with Gasteiger partial charge in [-0.1, -0.05) is 6.92 Å². The van der Waals surface area contributed by atoms with Crippen molar-refractivity contribution in [3.63, 3.8) is 0 Å². The summed E-state index contributed by atoms with van der Waals surface area (Å²) in [4.78, 5) is 29.7. The van der Waals surface area contributed by atoms with Crippen molar-refractivity contribution in [3.05, 3.63) is 46.0 Å². The van der Waals surface area contributed by atoms with Crippen LogP contribution < -0.4 is 11.1 Å². The number of thiophene rings is 1. The molecule has 15 heteroatoms. The van der Waals surface area contributed by atoms with Crippen molar-refractivity contribution >= 4 is 39.1 Å². The summed E-state index contributed by atoms with van der Waals surface area (Å²) in [6.45, 7) is 3.05. The molecule has 1 atom stereocenters. The van der Waals surface area contributed by atoms with Crippen LogP contribution in [0.1, 0.15) is 64.6 Å². The molecule has 4 aromatic heterocycles. The monoisotopic (exact) mass is 581 g/mol. The van der Waals surface area contributed by atoms with Crippen molar-refractivity contribution in [2.75, 3.05) is 5.32 Å². The van der Waals surface area contributed by atoms with Crippen LogP contribution in [0.3, 0.4) is 0 Å². The molecule has 9 nitrogen and oxygen atoms in total. The maximum absolute atomic E-state index is 13.7. The Bertz CT molecular complexity index is 1630. The number of pyridine rings is 1. The van der Waals surface area contributed by atoms with E-state index in [4.69, 9.17) is 5.73 Å². The number of aryl methyl sites for hydroxylation is 2. The number of rotatable bonds is 8.